The number of ether oxygens (including phenoxy) is 1. The number of nitrogens with one attached hydrogen (secondary N) is 1. The standard InChI is InChI=1S/C20H19N3O2S/c1-26-17-5-2-4-16(12-17)25-15-9-7-14(8-10-15)13-23-20(24)18-6-3-11-22-19(18)21/h2-12H,13H2,1H3,(H2,21,22)(H,23,24). The number of nitrogen functional groups attached to an aromatic ring is 1. The van der Waals surface area contributed by atoms with Crippen molar-refractivity contribution in [1.29, 1.82) is 0 Å². The van der Waals surface area contributed by atoms with Crippen LogP contribution in [0.15, 0.2) is 71.8 Å². The molecule has 0 unspecified atom stereocenters. The van der Waals surface area contributed by atoms with Crippen molar-refractivity contribution in [3.63, 3.8) is 0 Å². The number of aromatic nitrogens is 1. The van der Waals surface area contributed by atoms with Crippen LogP contribution < -0.4 is 15.8 Å². The van der Waals surface area contributed by atoms with Crippen molar-refractivity contribution in [2.75, 3.05) is 12.0 Å². The Kier molecular flexibility index (Phi) is 5.76. The number of nitrogens with zero attached hydrogens (tertiary/aromatic N) is 1. The smallest absolute Gasteiger partial charge is 0.255 e. The van der Waals surface area contributed by atoms with Crippen molar-refractivity contribution >= 4 is 23.5 Å². The highest BCUT2D eigenvalue weighted by Gasteiger charge is 2.09. The maximum Gasteiger partial charge on any atom is 0.255 e. The molecule has 0 saturated heterocycles. The van der Waals surface area contributed by atoms with Crippen molar-refractivity contribution in [2.24, 2.45) is 0 Å². The Bertz CT molecular complexity index is 898. The van der Waals surface area contributed by atoms with E-state index in [0.29, 0.717) is 12.1 Å². The van der Waals surface area contributed by atoms with Gasteiger partial charge in [-0.1, -0.05) is 18.2 Å². The summed E-state index contributed by atoms with van der Waals surface area (Å²) in [6.07, 6.45) is 3.58. The lowest BCUT2D eigenvalue weighted by Crippen LogP contribution is -2.24. The lowest BCUT2D eigenvalue weighted by Gasteiger charge is -2.09. The average Bonchev–Trinajstić information content (AvgIpc) is 2.68. The van der Waals surface area contributed by atoms with Gasteiger partial charge in [0, 0.05) is 17.6 Å². The van der Waals surface area contributed by atoms with Gasteiger partial charge in [-0.15, -0.1) is 11.8 Å². The third kappa shape index (κ3) is 4.55. The van der Waals surface area contributed by atoms with E-state index in [4.69, 9.17) is 10.5 Å². The number of hydrogen-bond acceptors (Lipinski definition) is 5. The molecule has 5 nitrogen and oxygen atoms in total. The molecule has 3 rings (SSSR count). The number of nitrogens with two attached hydrogens (primary N) is 1. The third-order valence-corrected chi connectivity index (χ3v) is 4.46. The number of thioether (sulfide) groups is 1. The summed E-state index contributed by atoms with van der Waals surface area (Å²) in [7, 11) is 0. The molecule has 0 saturated carbocycles. The number of pyridine rings is 1. The van der Waals surface area contributed by atoms with Crippen LogP contribution in [0.3, 0.4) is 0 Å². The van der Waals surface area contributed by atoms with Crippen molar-refractivity contribution in [3.05, 3.63) is 78.0 Å². The van der Waals surface area contributed by atoms with Gasteiger partial charge in [0.15, 0.2) is 0 Å². The van der Waals surface area contributed by atoms with Crippen LogP contribution in [-0.4, -0.2) is 17.1 Å². The fourth-order valence-corrected chi connectivity index (χ4v) is 2.81. The fourth-order valence-electron chi connectivity index (χ4n) is 2.36. The summed E-state index contributed by atoms with van der Waals surface area (Å²) in [6, 6.07) is 18.9. The van der Waals surface area contributed by atoms with E-state index in [1.165, 1.54) is 0 Å². The molecule has 0 atom stereocenters. The molecule has 0 aliphatic heterocycles. The molecule has 2 aromatic carbocycles. The van der Waals surface area contributed by atoms with E-state index in [0.717, 1.165) is 22.0 Å². The SMILES string of the molecule is CSc1cccc(Oc2ccc(CNC(=O)c3cccnc3N)cc2)c1. The normalized spacial score (nSPS) is 10.3. The van der Waals surface area contributed by atoms with Crippen molar-refractivity contribution in [2.45, 2.75) is 11.4 Å². The number of carbonyl (C=O) groups is 1. The molecule has 0 radical (unpaired) electrons. The summed E-state index contributed by atoms with van der Waals surface area (Å²) in [6.45, 7) is 0.398. The summed E-state index contributed by atoms with van der Waals surface area (Å²) >= 11 is 1.67. The molecule has 0 bridgehead atoms. The predicted molar refractivity (Wildman–Crippen MR) is 105 cm³/mol. The molecule has 3 N–H and O–H groups in total. The first-order chi connectivity index (χ1) is 12.7. The maximum atomic E-state index is 12.1. The minimum Gasteiger partial charge on any atom is -0.457 e. The molecule has 26 heavy (non-hydrogen) atoms. The molecular formula is C20H19N3O2S. The third-order valence-electron chi connectivity index (χ3n) is 3.74. The lowest BCUT2D eigenvalue weighted by molar-refractivity contribution is 0.0951. The van der Waals surface area contributed by atoms with Crippen LogP contribution in [-0.2, 0) is 6.54 Å². The van der Waals surface area contributed by atoms with Crippen LogP contribution >= 0.6 is 11.8 Å². The zero-order chi connectivity index (χ0) is 18.4. The van der Waals surface area contributed by atoms with Gasteiger partial charge in [-0.25, -0.2) is 4.98 Å². The summed E-state index contributed by atoms with van der Waals surface area (Å²) in [5.74, 6) is 1.52. The Balaban J connectivity index is 1.59. The lowest BCUT2D eigenvalue weighted by atomic mass is 10.2. The first-order valence-corrected chi connectivity index (χ1v) is 9.28. The zero-order valence-corrected chi connectivity index (χ0v) is 15.1. The number of rotatable bonds is 6. The van der Waals surface area contributed by atoms with E-state index in [2.05, 4.69) is 10.3 Å². The van der Waals surface area contributed by atoms with Gasteiger partial charge < -0.3 is 15.8 Å². The molecule has 0 fully saturated rings. The maximum absolute atomic E-state index is 12.1. The van der Waals surface area contributed by atoms with Gasteiger partial charge in [0.1, 0.15) is 17.3 Å². The summed E-state index contributed by atoms with van der Waals surface area (Å²) < 4.78 is 5.86. The zero-order valence-electron chi connectivity index (χ0n) is 14.3. The molecule has 1 aromatic heterocycles. The first-order valence-electron chi connectivity index (χ1n) is 8.05. The average molecular weight is 365 g/mol. The number of anilines is 1. The first kappa shape index (κ1) is 17.8. The number of benzene rings is 2. The predicted octanol–water partition coefficient (Wildman–Crippen LogP) is 4.11. The molecule has 0 spiro atoms. The van der Waals surface area contributed by atoms with Gasteiger partial charge in [0.05, 0.1) is 5.56 Å². The van der Waals surface area contributed by atoms with Crippen molar-refractivity contribution in [3.8, 4) is 11.5 Å². The Morgan fingerprint density at radius 1 is 1.12 bits per heavy atom. The molecule has 0 aliphatic rings. The Hall–Kier alpha value is -2.99. The van der Waals surface area contributed by atoms with Crippen LogP contribution in [0.25, 0.3) is 0 Å². The van der Waals surface area contributed by atoms with Crippen molar-refractivity contribution in [1.82, 2.24) is 10.3 Å². The largest absolute Gasteiger partial charge is 0.457 e. The number of hydrogen-bond donors (Lipinski definition) is 2. The van der Waals surface area contributed by atoms with Crippen LogP contribution in [0, 0.1) is 0 Å². The van der Waals surface area contributed by atoms with E-state index >= 15 is 0 Å². The highest BCUT2D eigenvalue weighted by atomic mass is 32.2. The second-order valence-electron chi connectivity index (χ2n) is 5.54. The highest BCUT2D eigenvalue weighted by molar-refractivity contribution is 7.98. The summed E-state index contributed by atoms with van der Waals surface area (Å²) in [5, 5.41) is 2.84. The Morgan fingerprint density at radius 2 is 1.92 bits per heavy atom. The van der Waals surface area contributed by atoms with Gasteiger partial charge >= 0.3 is 0 Å². The van der Waals surface area contributed by atoms with E-state index < -0.39 is 0 Å². The van der Waals surface area contributed by atoms with Gasteiger partial charge in [0.25, 0.3) is 5.91 Å². The van der Waals surface area contributed by atoms with E-state index in [9.17, 15) is 4.79 Å². The van der Waals surface area contributed by atoms with Crippen molar-refractivity contribution < 1.29 is 9.53 Å². The van der Waals surface area contributed by atoms with Crippen LogP contribution in [0.5, 0.6) is 11.5 Å². The molecular weight excluding hydrogens is 346 g/mol. The van der Waals surface area contributed by atoms with Crippen LogP contribution in [0.1, 0.15) is 15.9 Å². The van der Waals surface area contributed by atoms with Crippen LogP contribution in [0.4, 0.5) is 5.82 Å². The summed E-state index contributed by atoms with van der Waals surface area (Å²) in [5.41, 5.74) is 7.05. The van der Waals surface area contributed by atoms with Crippen LogP contribution in [0.2, 0.25) is 0 Å². The fraction of sp³-hybridized carbons (Fsp3) is 0.100. The van der Waals surface area contributed by atoms with Gasteiger partial charge in [-0.3, -0.25) is 4.79 Å². The van der Waals surface area contributed by atoms with E-state index in [1.54, 1.807) is 30.1 Å². The quantitative estimate of drug-likeness (QED) is 0.643. The molecule has 6 heteroatoms. The van der Waals surface area contributed by atoms with Gasteiger partial charge in [-0.2, -0.15) is 0 Å². The minimum atomic E-state index is -0.246. The number of amides is 1. The topological polar surface area (TPSA) is 77.2 Å². The monoisotopic (exact) mass is 365 g/mol. The second-order valence-corrected chi connectivity index (χ2v) is 6.42. The molecule has 132 valence electrons. The molecule has 1 amide bonds. The molecule has 0 aliphatic carbocycles. The Morgan fingerprint density at radius 3 is 2.65 bits per heavy atom. The Labute approximate surface area is 156 Å². The van der Waals surface area contributed by atoms with Gasteiger partial charge in [-0.05, 0) is 54.3 Å². The second kappa shape index (κ2) is 8.40. The van der Waals surface area contributed by atoms with Gasteiger partial charge in [0.2, 0.25) is 0 Å². The summed E-state index contributed by atoms with van der Waals surface area (Å²) in [4.78, 5) is 17.2. The number of carbonyl (C=O) groups excluding carboxylic acids is 1. The molecule has 3 aromatic rings. The van der Waals surface area contributed by atoms with E-state index in [1.807, 2.05) is 54.8 Å². The molecule has 1 heterocycles. The highest BCUT2D eigenvalue weighted by Crippen LogP contribution is 2.25. The van der Waals surface area contributed by atoms with E-state index in [-0.39, 0.29) is 11.7 Å². The minimum absolute atomic E-state index is 0.223.